The molecule has 0 bridgehead atoms. The normalized spacial score (nSPS) is 14.1. The summed E-state index contributed by atoms with van der Waals surface area (Å²) in [6.45, 7) is 4.76. The van der Waals surface area contributed by atoms with Crippen LogP contribution >= 0.6 is 0 Å². The molecule has 8 nitrogen and oxygen atoms in total. The predicted octanol–water partition coefficient (Wildman–Crippen LogP) is 2.45. The third kappa shape index (κ3) is 4.60. The van der Waals surface area contributed by atoms with E-state index < -0.39 is 0 Å². The summed E-state index contributed by atoms with van der Waals surface area (Å²) >= 11 is 0. The quantitative estimate of drug-likeness (QED) is 0.582. The summed E-state index contributed by atoms with van der Waals surface area (Å²) in [4.78, 5) is 25.1. The molecular formula is C24H27N3O5. The molecule has 0 atom stereocenters. The number of methoxy groups -OCH3 is 1. The largest absolute Gasteiger partial charge is 0.483 e. The Morgan fingerprint density at radius 1 is 1.19 bits per heavy atom. The average molecular weight is 437 g/mol. The number of rotatable bonds is 8. The number of benzene rings is 2. The second-order valence-electron chi connectivity index (χ2n) is 8.36. The molecule has 0 radical (unpaired) electrons. The fraction of sp³-hybridized carbons (Fsp3) is 0.375. The van der Waals surface area contributed by atoms with Gasteiger partial charge in [0.1, 0.15) is 5.60 Å². The van der Waals surface area contributed by atoms with E-state index in [9.17, 15) is 9.59 Å². The van der Waals surface area contributed by atoms with Crippen molar-refractivity contribution in [3.05, 3.63) is 64.1 Å². The third-order valence-corrected chi connectivity index (χ3v) is 5.32. The van der Waals surface area contributed by atoms with Gasteiger partial charge in [-0.15, -0.1) is 0 Å². The van der Waals surface area contributed by atoms with E-state index in [-0.39, 0.29) is 30.2 Å². The molecule has 0 aliphatic carbocycles. The summed E-state index contributed by atoms with van der Waals surface area (Å²) in [5.41, 5.74) is 1.21. The van der Waals surface area contributed by atoms with Crippen molar-refractivity contribution in [2.75, 3.05) is 20.3 Å². The van der Waals surface area contributed by atoms with Crippen molar-refractivity contribution in [3.8, 4) is 11.5 Å². The van der Waals surface area contributed by atoms with Crippen LogP contribution in [0.4, 0.5) is 0 Å². The molecule has 1 amide bonds. The van der Waals surface area contributed by atoms with E-state index in [1.165, 1.54) is 4.68 Å². The highest BCUT2D eigenvalue weighted by molar-refractivity contribution is 5.84. The van der Waals surface area contributed by atoms with Crippen LogP contribution in [0, 0.1) is 0 Å². The SMILES string of the molecule is COCCn1nc(CNC(=O)COc2cccc3c2OC(C)(C)C3)c2ccccc2c1=O. The van der Waals surface area contributed by atoms with E-state index in [1.807, 2.05) is 44.2 Å². The first kappa shape index (κ1) is 21.8. The predicted molar refractivity (Wildman–Crippen MR) is 120 cm³/mol. The minimum absolute atomic E-state index is 0.151. The molecule has 0 saturated heterocycles. The molecule has 2 heterocycles. The molecule has 1 aliphatic heterocycles. The minimum Gasteiger partial charge on any atom is -0.483 e. The molecule has 1 N–H and O–H groups in total. The first-order valence-corrected chi connectivity index (χ1v) is 10.6. The number of para-hydroxylation sites is 1. The van der Waals surface area contributed by atoms with Gasteiger partial charge in [-0.1, -0.05) is 30.3 Å². The molecule has 168 valence electrons. The fourth-order valence-corrected chi connectivity index (χ4v) is 3.84. The van der Waals surface area contributed by atoms with Gasteiger partial charge in [0.15, 0.2) is 18.1 Å². The van der Waals surface area contributed by atoms with E-state index in [0.717, 1.165) is 12.0 Å². The van der Waals surface area contributed by atoms with Crippen LogP contribution in [0.3, 0.4) is 0 Å². The smallest absolute Gasteiger partial charge is 0.274 e. The van der Waals surface area contributed by atoms with Gasteiger partial charge in [-0.25, -0.2) is 4.68 Å². The highest BCUT2D eigenvalue weighted by Gasteiger charge is 2.32. The van der Waals surface area contributed by atoms with Crippen LogP contribution < -0.4 is 20.3 Å². The van der Waals surface area contributed by atoms with E-state index in [1.54, 1.807) is 19.2 Å². The molecular weight excluding hydrogens is 410 g/mol. The Labute approximate surface area is 186 Å². The molecule has 0 spiro atoms. The number of fused-ring (bicyclic) bond motifs is 2. The van der Waals surface area contributed by atoms with Crippen LogP contribution in [-0.2, 0) is 29.0 Å². The Balaban J connectivity index is 1.45. The number of ether oxygens (including phenoxy) is 3. The lowest BCUT2D eigenvalue weighted by Crippen LogP contribution is -2.31. The van der Waals surface area contributed by atoms with Gasteiger partial charge in [0, 0.05) is 24.5 Å². The number of nitrogens with zero attached hydrogens (tertiary/aromatic N) is 2. The summed E-state index contributed by atoms with van der Waals surface area (Å²) < 4.78 is 18.2. The van der Waals surface area contributed by atoms with Gasteiger partial charge in [-0.2, -0.15) is 5.10 Å². The second-order valence-corrected chi connectivity index (χ2v) is 8.36. The van der Waals surface area contributed by atoms with Crippen molar-refractivity contribution in [2.45, 2.75) is 39.0 Å². The third-order valence-electron chi connectivity index (χ3n) is 5.32. The van der Waals surface area contributed by atoms with Gasteiger partial charge in [0.25, 0.3) is 11.5 Å². The number of nitrogens with one attached hydrogen (secondary N) is 1. The summed E-state index contributed by atoms with van der Waals surface area (Å²) in [5, 5.41) is 8.54. The van der Waals surface area contributed by atoms with Crippen molar-refractivity contribution in [3.63, 3.8) is 0 Å². The molecule has 0 saturated carbocycles. The number of carbonyl (C=O) groups is 1. The standard InChI is InChI=1S/C24H27N3O5/c1-24(2)13-16-7-6-10-20(22(16)32-24)31-15-21(28)25-14-19-17-8-4-5-9-18(17)23(29)27(26-19)11-12-30-3/h4-10H,11-15H2,1-3H3,(H,25,28). The molecule has 8 heteroatoms. The second kappa shape index (κ2) is 9.00. The Morgan fingerprint density at radius 2 is 1.97 bits per heavy atom. The molecule has 32 heavy (non-hydrogen) atoms. The van der Waals surface area contributed by atoms with Crippen LogP contribution in [0.2, 0.25) is 0 Å². The minimum atomic E-state index is -0.291. The first-order chi connectivity index (χ1) is 15.4. The first-order valence-electron chi connectivity index (χ1n) is 10.6. The van der Waals surface area contributed by atoms with E-state index in [0.29, 0.717) is 41.1 Å². The summed E-state index contributed by atoms with van der Waals surface area (Å²) in [5.74, 6) is 0.962. The Bertz CT molecular complexity index is 1200. The topological polar surface area (TPSA) is 91.7 Å². The van der Waals surface area contributed by atoms with Crippen LogP contribution in [0.1, 0.15) is 25.1 Å². The molecule has 4 rings (SSSR count). The van der Waals surface area contributed by atoms with Gasteiger partial charge in [-0.3, -0.25) is 9.59 Å². The van der Waals surface area contributed by atoms with Gasteiger partial charge in [0.05, 0.1) is 30.8 Å². The lowest BCUT2D eigenvalue weighted by atomic mass is 10.0. The number of carbonyl (C=O) groups excluding carboxylic acids is 1. The number of hydrogen-bond acceptors (Lipinski definition) is 6. The maximum atomic E-state index is 12.6. The molecule has 2 aromatic carbocycles. The number of aromatic nitrogens is 2. The molecule has 3 aromatic rings. The van der Waals surface area contributed by atoms with Crippen molar-refractivity contribution >= 4 is 16.7 Å². The molecule has 0 fully saturated rings. The average Bonchev–Trinajstić information content (AvgIpc) is 3.11. The lowest BCUT2D eigenvalue weighted by Gasteiger charge is -2.18. The zero-order chi connectivity index (χ0) is 22.7. The van der Waals surface area contributed by atoms with E-state index in [2.05, 4.69) is 10.4 Å². The van der Waals surface area contributed by atoms with Gasteiger partial charge in [-0.05, 0) is 26.0 Å². The molecule has 0 unspecified atom stereocenters. The molecule has 1 aliphatic rings. The van der Waals surface area contributed by atoms with Crippen LogP contribution in [0.5, 0.6) is 11.5 Å². The maximum absolute atomic E-state index is 12.6. The summed E-state index contributed by atoms with van der Waals surface area (Å²) in [6, 6.07) is 12.9. The highest BCUT2D eigenvalue weighted by atomic mass is 16.5. The van der Waals surface area contributed by atoms with Crippen molar-refractivity contribution in [2.24, 2.45) is 0 Å². The van der Waals surface area contributed by atoms with Crippen LogP contribution in [0.25, 0.3) is 10.8 Å². The van der Waals surface area contributed by atoms with Gasteiger partial charge >= 0.3 is 0 Å². The van der Waals surface area contributed by atoms with E-state index >= 15 is 0 Å². The Kier molecular flexibility index (Phi) is 6.14. The number of hydrogen-bond donors (Lipinski definition) is 1. The fourth-order valence-electron chi connectivity index (χ4n) is 3.84. The van der Waals surface area contributed by atoms with Crippen molar-refractivity contribution in [1.82, 2.24) is 15.1 Å². The zero-order valence-corrected chi connectivity index (χ0v) is 18.5. The van der Waals surface area contributed by atoms with Crippen molar-refractivity contribution in [1.29, 1.82) is 0 Å². The number of amides is 1. The Hall–Kier alpha value is -3.39. The summed E-state index contributed by atoms with van der Waals surface area (Å²) in [6.07, 6.45) is 0.795. The lowest BCUT2D eigenvalue weighted by molar-refractivity contribution is -0.123. The van der Waals surface area contributed by atoms with Gasteiger partial charge < -0.3 is 19.5 Å². The monoisotopic (exact) mass is 437 g/mol. The van der Waals surface area contributed by atoms with Gasteiger partial charge in [0.2, 0.25) is 0 Å². The zero-order valence-electron chi connectivity index (χ0n) is 18.5. The Morgan fingerprint density at radius 3 is 2.75 bits per heavy atom. The van der Waals surface area contributed by atoms with Crippen molar-refractivity contribution < 1.29 is 19.0 Å². The summed E-state index contributed by atoms with van der Waals surface area (Å²) in [7, 11) is 1.57. The van der Waals surface area contributed by atoms with Crippen LogP contribution in [0.15, 0.2) is 47.3 Å². The van der Waals surface area contributed by atoms with Crippen LogP contribution in [-0.4, -0.2) is 41.6 Å². The van der Waals surface area contributed by atoms with E-state index in [4.69, 9.17) is 14.2 Å². The molecule has 1 aromatic heterocycles. The maximum Gasteiger partial charge on any atom is 0.274 e. The highest BCUT2D eigenvalue weighted by Crippen LogP contribution is 2.41.